The summed E-state index contributed by atoms with van der Waals surface area (Å²) in [5.74, 6) is -5.45. The molecule has 27 heavy (non-hydrogen) atoms. The first-order valence-electron chi connectivity index (χ1n) is 9.92. The number of aliphatic hydroxyl groups excluding tert-OH is 1. The molecule has 0 heterocycles. The molecular formula is C19H39F2N3O3. The number of nitrogens with two attached hydrogens (primary N) is 1. The Morgan fingerprint density at radius 3 is 1.96 bits per heavy atom. The van der Waals surface area contributed by atoms with Gasteiger partial charge in [-0.15, -0.1) is 0 Å². The molecule has 2 atom stereocenters. The number of nitrogens with one attached hydrogen (secondary N) is 2. The molecule has 2 amide bonds. The van der Waals surface area contributed by atoms with Crippen LogP contribution in [0.2, 0.25) is 0 Å². The van der Waals surface area contributed by atoms with Crippen molar-refractivity contribution in [3.05, 3.63) is 0 Å². The Morgan fingerprint density at radius 2 is 1.52 bits per heavy atom. The largest absolute Gasteiger partial charge is 0.385 e. The first-order chi connectivity index (χ1) is 12.6. The number of carbonyl (C=O) groups is 2. The van der Waals surface area contributed by atoms with Gasteiger partial charge in [0.15, 0.2) is 0 Å². The number of halogens is 2. The second kappa shape index (κ2) is 15.7. The third kappa shape index (κ3) is 12.7. The number of alkyl halides is 2. The third-order valence-electron chi connectivity index (χ3n) is 3.92. The highest BCUT2D eigenvalue weighted by atomic mass is 19.3. The van der Waals surface area contributed by atoms with E-state index in [0.29, 0.717) is 12.8 Å². The van der Waals surface area contributed by atoms with E-state index in [2.05, 4.69) is 19.2 Å². The molecule has 0 saturated heterocycles. The van der Waals surface area contributed by atoms with Crippen molar-refractivity contribution in [2.24, 2.45) is 11.7 Å². The van der Waals surface area contributed by atoms with E-state index in [0.717, 1.165) is 19.4 Å². The fourth-order valence-corrected chi connectivity index (χ4v) is 1.99. The summed E-state index contributed by atoms with van der Waals surface area (Å²) in [6.45, 7) is 10.1. The van der Waals surface area contributed by atoms with E-state index in [4.69, 9.17) is 5.73 Å². The summed E-state index contributed by atoms with van der Waals surface area (Å²) in [5.41, 5.74) is 5.40. The quantitative estimate of drug-likeness (QED) is 0.381. The van der Waals surface area contributed by atoms with Crippen LogP contribution in [0.15, 0.2) is 0 Å². The van der Waals surface area contributed by atoms with Crippen LogP contribution in [-0.2, 0) is 9.59 Å². The van der Waals surface area contributed by atoms with Gasteiger partial charge < -0.3 is 21.5 Å². The van der Waals surface area contributed by atoms with Gasteiger partial charge >= 0.3 is 5.92 Å². The van der Waals surface area contributed by atoms with Crippen LogP contribution in [0.25, 0.3) is 0 Å². The van der Waals surface area contributed by atoms with Crippen LogP contribution in [0.5, 0.6) is 0 Å². The summed E-state index contributed by atoms with van der Waals surface area (Å²) in [4.78, 5) is 22.1. The molecule has 1 unspecified atom stereocenters. The van der Waals surface area contributed by atoms with Crippen molar-refractivity contribution in [1.29, 1.82) is 0 Å². The Morgan fingerprint density at radius 1 is 1.00 bits per heavy atom. The van der Waals surface area contributed by atoms with Gasteiger partial charge in [0.05, 0.1) is 0 Å². The van der Waals surface area contributed by atoms with Gasteiger partial charge in [0.2, 0.25) is 5.91 Å². The molecule has 0 spiro atoms. The van der Waals surface area contributed by atoms with E-state index in [-0.39, 0.29) is 18.4 Å². The molecule has 0 bridgehead atoms. The molecule has 0 radical (unpaired) electrons. The summed E-state index contributed by atoms with van der Waals surface area (Å²) in [7, 11) is 0. The predicted molar refractivity (Wildman–Crippen MR) is 105 cm³/mol. The van der Waals surface area contributed by atoms with E-state index in [1.807, 2.05) is 5.32 Å². The zero-order valence-corrected chi connectivity index (χ0v) is 17.5. The number of hydrogen-bond acceptors (Lipinski definition) is 4. The predicted octanol–water partition coefficient (Wildman–Crippen LogP) is 2.58. The molecule has 0 aliphatic rings. The number of amides is 2. The van der Waals surface area contributed by atoms with Gasteiger partial charge in [-0.3, -0.25) is 9.59 Å². The van der Waals surface area contributed by atoms with Crippen LogP contribution < -0.4 is 16.4 Å². The first-order valence-corrected chi connectivity index (χ1v) is 9.92. The van der Waals surface area contributed by atoms with Crippen LogP contribution >= 0.6 is 0 Å². The van der Waals surface area contributed by atoms with E-state index in [1.165, 1.54) is 12.8 Å². The minimum atomic E-state index is -3.85. The van der Waals surface area contributed by atoms with Crippen LogP contribution in [0.1, 0.15) is 73.1 Å². The second-order valence-electron chi connectivity index (χ2n) is 6.95. The molecule has 0 aromatic carbocycles. The molecule has 5 N–H and O–H groups in total. The first kappa shape index (κ1) is 27.9. The number of hydrogen-bond donors (Lipinski definition) is 4. The van der Waals surface area contributed by atoms with Crippen molar-refractivity contribution >= 4 is 11.8 Å². The van der Waals surface area contributed by atoms with Gasteiger partial charge in [-0.1, -0.05) is 47.5 Å². The molecule has 0 aromatic heterocycles. The van der Waals surface area contributed by atoms with Crippen LogP contribution in [0, 0.1) is 5.92 Å². The lowest BCUT2D eigenvalue weighted by Crippen LogP contribution is -2.56. The van der Waals surface area contributed by atoms with Crippen molar-refractivity contribution < 1.29 is 23.5 Å². The van der Waals surface area contributed by atoms with E-state index < -0.39 is 24.0 Å². The second-order valence-corrected chi connectivity index (χ2v) is 6.95. The molecule has 162 valence electrons. The topological polar surface area (TPSA) is 104 Å². The Labute approximate surface area is 162 Å². The summed E-state index contributed by atoms with van der Waals surface area (Å²) in [6, 6.07) is -1.14. The molecular weight excluding hydrogens is 356 g/mol. The summed E-state index contributed by atoms with van der Waals surface area (Å²) in [5, 5.41) is 14.2. The van der Waals surface area contributed by atoms with E-state index in [9.17, 15) is 23.5 Å². The van der Waals surface area contributed by atoms with E-state index in [1.54, 1.807) is 20.8 Å². The van der Waals surface area contributed by atoms with Gasteiger partial charge in [-0.25, -0.2) is 0 Å². The van der Waals surface area contributed by atoms with Crippen LogP contribution in [0.4, 0.5) is 8.78 Å². The maximum Gasteiger partial charge on any atom is 0.351 e. The lowest BCUT2D eigenvalue weighted by Gasteiger charge is -2.28. The minimum absolute atomic E-state index is 0.151. The fourth-order valence-electron chi connectivity index (χ4n) is 1.99. The monoisotopic (exact) mass is 395 g/mol. The molecule has 6 nitrogen and oxygen atoms in total. The fraction of sp³-hybridized carbons (Fsp3) is 0.895. The number of unbranched alkanes of at least 4 members (excludes halogenated alkanes) is 2. The zero-order valence-electron chi connectivity index (χ0n) is 17.5. The molecule has 0 fully saturated rings. The average Bonchev–Trinajstić information content (AvgIpc) is 2.63. The summed E-state index contributed by atoms with van der Waals surface area (Å²) in [6.07, 6.45) is 3.50. The van der Waals surface area contributed by atoms with Gasteiger partial charge in [0, 0.05) is 25.6 Å². The van der Waals surface area contributed by atoms with Crippen molar-refractivity contribution in [2.45, 2.75) is 91.2 Å². The number of rotatable bonds is 12. The molecule has 8 heteroatoms. The van der Waals surface area contributed by atoms with Gasteiger partial charge in [0.25, 0.3) is 5.91 Å². The Balaban J connectivity index is 0. The smallest absolute Gasteiger partial charge is 0.351 e. The standard InChI is InChI=1S/C10H20F2N2O2.C9H19NO/c1-4-5-14-9(16)10(11,12)8(15)7(13)6(2)3;1-3-5-6-7-9(11)10-8-4-2/h6-8,15H,4-5,13H2,1-3H3,(H,14,16);3-8H2,1-2H3,(H,10,11)/t7-,8?;/m0./s1. The molecule has 0 aromatic rings. The maximum atomic E-state index is 13.4. The normalized spacial score (nSPS) is 13.4. The average molecular weight is 396 g/mol. The summed E-state index contributed by atoms with van der Waals surface area (Å²) < 4.78 is 26.8. The van der Waals surface area contributed by atoms with Crippen molar-refractivity contribution in [1.82, 2.24) is 10.6 Å². The van der Waals surface area contributed by atoms with Gasteiger partial charge in [0.1, 0.15) is 6.10 Å². The number of carbonyl (C=O) groups excluding carboxylic acids is 2. The zero-order chi connectivity index (χ0) is 21.5. The van der Waals surface area contributed by atoms with Crippen molar-refractivity contribution in [2.75, 3.05) is 13.1 Å². The minimum Gasteiger partial charge on any atom is -0.385 e. The summed E-state index contributed by atoms with van der Waals surface area (Å²) >= 11 is 0. The molecule has 0 aliphatic heterocycles. The molecule has 0 rings (SSSR count). The highest BCUT2D eigenvalue weighted by molar-refractivity contribution is 5.84. The Bertz CT molecular complexity index is 408. The van der Waals surface area contributed by atoms with Gasteiger partial charge in [-0.05, 0) is 25.2 Å². The maximum absolute atomic E-state index is 13.4. The van der Waals surface area contributed by atoms with Gasteiger partial charge in [-0.2, -0.15) is 8.78 Å². The molecule has 0 saturated carbocycles. The van der Waals surface area contributed by atoms with Crippen LogP contribution in [0.3, 0.4) is 0 Å². The lowest BCUT2D eigenvalue weighted by molar-refractivity contribution is -0.167. The third-order valence-corrected chi connectivity index (χ3v) is 3.92. The van der Waals surface area contributed by atoms with Crippen molar-refractivity contribution in [3.63, 3.8) is 0 Å². The number of aliphatic hydroxyl groups is 1. The Kier molecular flexibility index (Phi) is 16.3. The van der Waals surface area contributed by atoms with Crippen molar-refractivity contribution in [3.8, 4) is 0 Å². The van der Waals surface area contributed by atoms with E-state index >= 15 is 0 Å². The highest BCUT2D eigenvalue weighted by Gasteiger charge is 2.49. The highest BCUT2D eigenvalue weighted by Crippen LogP contribution is 2.23. The van der Waals surface area contributed by atoms with Crippen LogP contribution in [-0.4, -0.2) is 48.1 Å². The Hall–Kier alpha value is -1.28. The SMILES string of the molecule is CCCCCC(=O)NCCC.CCCNC(=O)C(F)(F)C(O)[C@@H](N)C(C)C. The molecule has 0 aliphatic carbocycles. The lowest BCUT2D eigenvalue weighted by atomic mass is 9.95.